The van der Waals surface area contributed by atoms with Crippen LogP contribution < -0.4 is 21.3 Å². The molecule has 0 radical (unpaired) electrons. The fraction of sp³-hybridized carbons (Fsp3) is 0.421. The van der Waals surface area contributed by atoms with Gasteiger partial charge < -0.3 is 20.7 Å². The first-order valence-corrected chi connectivity index (χ1v) is 9.90. The summed E-state index contributed by atoms with van der Waals surface area (Å²) in [5.41, 5.74) is 1.41. The Labute approximate surface area is 171 Å². The molecular formula is C19H21N7O4. The van der Waals surface area contributed by atoms with Crippen molar-refractivity contribution in [1.82, 2.24) is 25.2 Å². The van der Waals surface area contributed by atoms with Crippen molar-refractivity contribution < 1.29 is 19.1 Å². The summed E-state index contributed by atoms with van der Waals surface area (Å²) < 4.78 is 7.13. The van der Waals surface area contributed by atoms with E-state index in [9.17, 15) is 14.4 Å². The van der Waals surface area contributed by atoms with Gasteiger partial charge in [-0.15, -0.1) is 0 Å². The van der Waals surface area contributed by atoms with E-state index in [1.165, 1.54) is 0 Å². The molecule has 0 spiro atoms. The standard InChI is InChI=1S/C19H21N7O4/c27-16-6-10(18(28)25-16)5-11-8-21-26-15(22-12-1-2-12)7-14(23-17(11)26)24-19(29)13-9-20-3-4-30-13/h5,7-8,12-13,20,22H,1-4,6,9H2,(H,23,24,29)(H,25,27,28)/b10-5+. The van der Waals surface area contributed by atoms with E-state index in [0.717, 1.165) is 12.8 Å². The maximum atomic E-state index is 12.6. The van der Waals surface area contributed by atoms with Gasteiger partial charge in [0.05, 0.1) is 19.2 Å². The highest BCUT2D eigenvalue weighted by Crippen LogP contribution is 2.28. The molecule has 0 aromatic carbocycles. The number of imide groups is 1. The third-order valence-corrected chi connectivity index (χ3v) is 5.13. The maximum absolute atomic E-state index is 12.6. The number of carbonyl (C=O) groups is 3. The lowest BCUT2D eigenvalue weighted by molar-refractivity contribution is -0.129. The van der Waals surface area contributed by atoms with Gasteiger partial charge in [0.25, 0.3) is 11.8 Å². The number of aromatic nitrogens is 3. The number of fused-ring (bicyclic) bond motifs is 1. The zero-order valence-electron chi connectivity index (χ0n) is 16.1. The molecule has 1 unspecified atom stereocenters. The quantitative estimate of drug-likeness (QED) is 0.387. The Morgan fingerprint density at radius 2 is 2.20 bits per heavy atom. The lowest BCUT2D eigenvalue weighted by Crippen LogP contribution is -2.45. The molecule has 11 nitrogen and oxygen atoms in total. The second-order valence-electron chi connectivity index (χ2n) is 7.56. The third kappa shape index (κ3) is 3.76. The first-order valence-electron chi connectivity index (χ1n) is 9.90. The third-order valence-electron chi connectivity index (χ3n) is 5.13. The average molecular weight is 411 g/mol. The number of ether oxygens (including phenoxy) is 1. The number of hydrogen-bond acceptors (Lipinski definition) is 8. The van der Waals surface area contributed by atoms with E-state index in [4.69, 9.17) is 4.74 Å². The molecule has 11 heteroatoms. The lowest BCUT2D eigenvalue weighted by Gasteiger charge is -2.22. The largest absolute Gasteiger partial charge is 0.367 e. The Balaban J connectivity index is 1.49. The molecule has 3 aliphatic rings. The van der Waals surface area contributed by atoms with Crippen molar-refractivity contribution in [2.45, 2.75) is 31.4 Å². The summed E-state index contributed by atoms with van der Waals surface area (Å²) in [6, 6.07) is 2.09. The minimum atomic E-state index is -0.587. The van der Waals surface area contributed by atoms with Crippen LogP contribution in [0.4, 0.5) is 11.6 Å². The molecule has 1 saturated carbocycles. The number of anilines is 2. The molecule has 2 aliphatic heterocycles. The van der Waals surface area contributed by atoms with Crippen molar-refractivity contribution in [3.05, 3.63) is 23.4 Å². The van der Waals surface area contributed by atoms with Crippen LogP contribution in [0.25, 0.3) is 11.7 Å². The number of carbonyl (C=O) groups excluding carboxylic acids is 3. The van der Waals surface area contributed by atoms with Crippen molar-refractivity contribution in [3.8, 4) is 0 Å². The first-order chi connectivity index (χ1) is 14.6. The fourth-order valence-corrected chi connectivity index (χ4v) is 3.43. The van der Waals surface area contributed by atoms with Gasteiger partial charge in [-0.3, -0.25) is 19.7 Å². The number of amides is 3. The van der Waals surface area contributed by atoms with Crippen LogP contribution in [0.2, 0.25) is 0 Å². The molecule has 1 atom stereocenters. The summed E-state index contributed by atoms with van der Waals surface area (Å²) in [5, 5.41) is 16.0. The molecule has 30 heavy (non-hydrogen) atoms. The van der Waals surface area contributed by atoms with Gasteiger partial charge in [0.1, 0.15) is 17.7 Å². The Morgan fingerprint density at radius 3 is 2.90 bits per heavy atom. The highest BCUT2D eigenvalue weighted by Gasteiger charge is 2.27. The van der Waals surface area contributed by atoms with Gasteiger partial charge in [0, 0.05) is 36.3 Å². The van der Waals surface area contributed by atoms with Crippen LogP contribution in [-0.2, 0) is 19.1 Å². The molecule has 1 aliphatic carbocycles. The summed E-state index contributed by atoms with van der Waals surface area (Å²) in [4.78, 5) is 40.5. The summed E-state index contributed by atoms with van der Waals surface area (Å²) in [5.74, 6) is 0.0218. The zero-order valence-corrected chi connectivity index (χ0v) is 16.1. The molecule has 3 fully saturated rings. The van der Waals surface area contributed by atoms with E-state index in [-0.39, 0.29) is 18.2 Å². The predicted octanol–water partition coefficient (Wildman–Crippen LogP) is -0.340. The van der Waals surface area contributed by atoms with Gasteiger partial charge >= 0.3 is 0 Å². The first kappa shape index (κ1) is 18.7. The maximum Gasteiger partial charge on any atom is 0.255 e. The van der Waals surface area contributed by atoms with Crippen molar-refractivity contribution in [1.29, 1.82) is 0 Å². The van der Waals surface area contributed by atoms with E-state index in [1.54, 1.807) is 22.9 Å². The van der Waals surface area contributed by atoms with Crippen molar-refractivity contribution in [2.75, 3.05) is 30.3 Å². The van der Waals surface area contributed by atoms with Crippen LogP contribution in [0.1, 0.15) is 24.8 Å². The van der Waals surface area contributed by atoms with Gasteiger partial charge in [0.15, 0.2) is 5.65 Å². The molecular weight excluding hydrogens is 390 g/mol. The number of rotatable bonds is 5. The number of morpholine rings is 1. The summed E-state index contributed by atoms with van der Waals surface area (Å²) >= 11 is 0. The lowest BCUT2D eigenvalue weighted by atomic mass is 10.1. The second kappa shape index (κ2) is 7.50. The molecule has 2 aromatic heterocycles. The SMILES string of the molecule is O=C1C/C(=C\c2cnn3c(NC4CC4)cc(NC(=O)C4CNCCO4)nc23)C(=O)N1. The van der Waals surface area contributed by atoms with Crippen molar-refractivity contribution in [2.24, 2.45) is 0 Å². The number of nitrogens with zero attached hydrogens (tertiary/aromatic N) is 3. The molecule has 2 saturated heterocycles. The molecule has 156 valence electrons. The topological polar surface area (TPSA) is 139 Å². The van der Waals surface area contributed by atoms with Gasteiger partial charge in [0.2, 0.25) is 5.91 Å². The monoisotopic (exact) mass is 411 g/mol. The van der Waals surface area contributed by atoms with Crippen LogP contribution in [0.15, 0.2) is 17.8 Å². The number of hydrogen-bond donors (Lipinski definition) is 4. The second-order valence-corrected chi connectivity index (χ2v) is 7.56. The Kier molecular flexibility index (Phi) is 4.68. The van der Waals surface area contributed by atoms with Gasteiger partial charge in [-0.2, -0.15) is 9.61 Å². The van der Waals surface area contributed by atoms with E-state index in [0.29, 0.717) is 54.2 Å². The van der Waals surface area contributed by atoms with E-state index < -0.39 is 12.0 Å². The van der Waals surface area contributed by atoms with Crippen molar-refractivity contribution >= 4 is 41.1 Å². The molecule has 4 N–H and O–H groups in total. The summed E-state index contributed by atoms with van der Waals surface area (Å²) in [6.07, 6.45) is 4.75. The van der Waals surface area contributed by atoms with Crippen LogP contribution >= 0.6 is 0 Å². The van der Waals surface area contributed by atoms with Gasteiger partial charge in [-0.25, -0.2) is 4.98 Å². The minimum absolute atomic E-state index is 0.0196. The molecule has 3 amide bonds. The van der Waals surface area contributed by atoms with Crippen LogP contribution in [0.5, 0.6) is 0 Å². The van der Waals surface area contributed by atoms with Crippen LogP contribution in [0, 0.1) is 0 Å². The summed E-state index contributed by atoms with van der Waals surface area (Å²) in [7, 11) is 0. The van der Waals surface area contributed by atoms with Crippen LogP contribution in [-0.4, -0.2) is 64.2 Å². The molecule has 5 rings (SSSR count). The van der Waals surface area contributed by atoms with Gasteiger partial charge in [-0.1, -0.05) is 0 Å². The zero-order chi connectivity index (χ0) is 20.7. The average Bonchev–Trinajstić information content (AvgIpc) is 3.37. The predicted molar refractivity (Wildman–Crippen MR) is 107 cm³/mol. The Hall–Kier alpha value is -3.31. The van der Waals surface area contributed by atoms with E-state index in [1.807, 2.05) is 0 Å². The molecule has 2 aromatic rings. The smallest absolute Gasteiger partial charge is 0.255 e. The summed E-state index contributed by atoms with van der Waals surface area (Å²) in [6.45, 7) is 1.63. The normalized spacial score (nSPS) is 23.1. The van der Waals surface area contributed by atoms with E-state index >= 15 is 0 Å². The Bertz CT molecular complexity index is 1070. The fourth-order valence-electron chi connectivity index (χ4n) is 3.43. The molecule has 0 bridgehead atoms. The minimum Gasteiger partial charge on any atom is -0.367 e. The van der Waals surface area contributed by atoms with Gasteiger partial charge in [-0.05, 0) is 18.9 Å². The highest BCUT2D eigenvalue weighted by atomic mass is 16.5. The molecule has 4 heterocycles. The highest BCUT2D eigenvalue weighted by molar-refractivity contribution is 6.15. The van der Waals surface area contributed by atoms with Crippen LogP contribution in [0.3, 0.4) is 0 Å². The van der Waals surface area contributed by atoms with E-state index in [2.05, 4.69) is 31.3 Å². The Morgan fingerprint density at radius 1 is 1.33 bits per heavy atom. The number of nitrogens with one attached hydrogen (secondary N) is 4. The van der Waals surface area contributed by atoms with Crippen molar-refractivity contribution in [3.63, 3.8) is 0 Å².